The molecule has 1 unspecified atom stereocenters. The molecule has 1 atom stereocenters. The van der Waals surface area contributed by atoms with E-state index in [0.29, 0.717) is 12.0 Å². The van der Waals surface area contributed by atoms with Gasteiger partial charge in [-0.3, -0.25) is 0 Å². The van der Waals surface area contributed by atoms with Crippen molar-refractivity contribution in [2.24, 2.45) is 5.92 Å². The molecule has 3 N–H and O–H groups in total. The number of aromatic carboxylic acids is 1. The minimum Gasteiger partial charge on any atom is -0.478 e. The van der Waals surface area contributed by atoms with Crippen molar-refractivity contribution >= 4 is 16.0 Å². The van der Waals surface area contributed by atoms with Crippen LogP contribution in [0.2, 0.25) is 0 Å². The second kappa shape index (κ2) is 7.37. The minimum atomic E-state index is -3.46. The van der Waals surface area contributed by atoms with Crippen LogP contribution in [0, 0.1) is 5.92 Å². The minimum absolute atomic E-state index is 0.0273. The number of hydrogen-bond donors (Lipinski definition) is 3. The molecule has 0 radical (unpaired) electrons. The first-order valence-corrected chi connectivity index (χ1v) is 7.89. The van der Waals surface area contributed by atoms with Gasteiger partial charge in [-0.05, 0) is 30.0 Å². The molecule has 0 aliphatic heterocycles. The SMILES string of the molecule is CC(CCO)CNS(=O)(=O)Cc1ccc(C(=O)O)cc1. The summed E-state index contributed by atoms with van der Waals surface area (Å²) in [7, 11) is -3.46. The van der Waals surface area contributed by atoms with Crippen LogP contribution in [0.5, 0.6) is 0 Å². The predicted octanol–water partition coefficient (Wildman–Crippen LogP) is 0.823. The zero-order chi connectivity index (χ0) is 15.2. The van der Waals surface area contributed by atoms with E-state index < -0.39 is 16.0 Å². The number of aliphatic hydroxyl groups is 1. The van der Waals surface area contributed by atoms with Crippen LogP contribution >= 0.6 is 0 Å². The summed E-state index contributed by atoms with van der Waals surface area (Å²) in [4.78, 5) is 10.7. The monoisotopic (exact) mass is 301 g/mol. The van der Waals surface area contributed by atoms with Crippen LogP contribution in [0.15, 0.2) is 24.3 Å². The van der Waals surface area contributed by atoms with Gasteiger partial charge in [0.2, 0.25) is 10.0 Å². The fourth-order valence-corrected chi connectivity index (χ4v) is 2.88. The fraction of sp³-hybridized carbons (Fsp3) is 0.462. The molecular formula is C13H19NO5S. The summed E-state index contributed by atoms with van der Waals surface area (Å²) in [6.07, 6.45) is 0.538. The van der Waals surface area contributed by atoms with Crippen molar-refractivity contribution in [2.45, 2.75) is 19.1 Å². The summed E-state index contributed by atoms with van der Waals surface area (Å²) in [6, 6.07) is 5.73. The Balaban J connectivity index is 2.59. The highest BCUT2D eigenvalue weighted by Gasteiger charge is 2.13. The number of carboxylic acid groups (broad SMARTS) is 1. The molecule has 6 nitrogen and oxygen atoms in total. The Labute approximate surface area is 118 Å². The van der Waals surface area contributed by atoms with Crippen molar-refractivity contribution < 1.29 is 23.4 Å². The Morgan fingerprint density at radius 3 is 2.40 bits per heavy atom. The van der Waals surface area contributed by atoms with Crippen molar-refractivity contribution in [1.29, 1.82) is 0 Å². The Morgan fingerprint density at radius 1 is 1.30 bits per heavy atom. The maximum absolute atomic E-state index is 11.8. The van der Waals surface area contributed by atoms with Crippen LogP contribution in [0.3, 0.4) is 0 Å². The summed E-state index contributed by atoms with van der Waals surface area (Å²) in [5.41, 5.74) is 0.646. The average Bonchev–Trinajstić information content (AvgIpc) is 2.37. The van der Waals surface area contributed by atoms with E-state index in [0.717, 1.165) is 0 Å². The van der Waals surface area contributed by atoms with E-state index in [1.807, 2.05) is 6.92 Å². The molecule has 0 aliphatic carbocycles. The molecule has 0 saturated heterocycles. The van der Waals surface area contributed by atoms with Crippen molar-refractivity contribution in [3.63, 3.8) is 0 Å². The highest BCUT2D eigenvalue weighted by atomic mass is 32.2. The molecule has 0 heterocycles. The van der Waals surface area contributed by atoms with Gasteiger partial charge in [0.15, 0.2) is 0 Å². The van der Waals surface area contributed by atoms with Gasteiger partial charge in [-0.1, -0.05) is 19.1 Å². The quantitative estimate of drug-likeness (QED) is 0.659. The molecular weight excluding hydrogens is 282 g/mol. The van der Waals surface area contributed by atoms with Gasteiger partial charge < -0.3 is 10.2 Å². The lowest BCUT2D eigenvalue weighted by molar-refractivity contribution is 0.0697. The van der Waals surface area contributed by atoms with Gasteiger partial charge in [0.1, 0.15) is 0 Å². The number of carboxylic acids is 1. The number of sulfonamides is 1. The maximum atomic E-state index is 11.8. The molecule has 0 aromatic heterocycles. The van der Waals surface area contributed by atoms with E-state index in [4.69, 9.17) is 10.2 Å². The van der Waals surface area contributed by atoms with Crippen LogP contribution < -0.4 is 4.72 Å². The third-order valence-corrected chi connectivity index (χ3v) is 4.15. The van der Waals surface area contributed by atoms with E-state index in [2.05, 4.69) is 4.72 Å². The topological polar surface area (TPSA) is 104 Å². The van der Waals surface area contributed by atoms with E-state index in [-0.39, 0.29) is 30.4 Å². The Kier molecular flexibility index (Phi) is 6.12. The standard InChI is InChI=1S/C13H19NO5S/c1-10(6-7-15)8-14-20(18,19)9-11-2-4-12(5-3-11)13(16)17/h2-5,10,14-15H,6-9H2,1H3,(H,16,17). The summed E-state index contributed by atoms with van der Waals surface area (Å²) >= 11 is 0. The lowest BCUT2D eigenvalue weighted by atomic mass is 10.1. The van der Waals surface area contributed by atoms with Gasteiger partial charge in [0.05, 0.1) is 11.3 Å². The summed E-state index contributed by atoms with van der Waals surface area (Å²) in [6.45, 7) is 2.15. The number of rotatable bonds is 8. The molecule has 0 amide bonds. The van der Waals surface area contributed by atoms with Gasteiger partial charge in [-0.25, -0.2) is 17.9 Å². The molecule has 0 bridgehead atoms. The summed E-state index contributed by atoms with van der Waals surface area (Å²) in [5.74, 6) is -1.18. The van der Waals surface area contributed by atoms with Crippen molar-refractivity contribution in [1.82, 2.24) is 4.72 Å². The first-order valence-electron chi connectivity index (χ1n) is 6.24. The van der Waals surface area contributed by atoms with E-state index in [9.17, 15) is 13.2 Å². The molecule has 112 valence electrons. The van der Waals surface area contributed by atoms with Crippen LogP contribution in [0.1, 0.15) is 29.3 Å². The molecule has 0 fully saturated rings. The van der Waals surface area contributed by atoms with Crippen molar-refractivity contribution in [3.8, 4) is 0 Å². The lowest BCUT2D eigenvalue weighted by Gasteiger charge is -2.11. The number of hydrogen-bond acceptors (Lipinski definition) is 4. The highest BCUT2D eigenvalue weighted by Crippen LogP contribution is 2.08. The Morgan fingerprint density at radius 2 is 1.90 bits per heavy atom. The number of aliphatic hydroxyl groups excluding tert-OH is 1. The molecule has 1 aromatic carbocycles. The first kappa shape index (κ1) is 16.6. The molecule has 1 aromatic rings. The molecule has 0 saturated carbocycles. The third-order valence-electron chi connectivity index (χ3n) is 2.83. The first-order chi connectivity index (χ1) is 9.34. The van der Waals surface area contributed by atoms with Gasteiger partial charge in [0.25, 0.3) is 0 Å². The fourth-order valence-electron chi connectivity index (χ4n) is 1.61. The van der Waals surface area contributed by atoms with Gasteiger partial charge in [-0.2, -0.15) is 0 Å². The van der Waals surface area contributed by atoms with Gasteiger partial charge in [0, 0.05) is 13.2 Å². The second-order valence-corrected chi connectivity index (χ2v) is 6.53. The maximum Gasteiger partial charge on any atom is 0.335 e. The van der Waals surface area contributed by atoms with Gasteiger partial charge >= 0.3 is 5.97 Å². The molecule has 20 heavy (non-hydrogen) atoms. The Hall–Kier alpha value is -1.44. The summed E-state index contributed by atoms with van der Waals surface area (Å²) in [5, 5.41) is 17.5. The van der Waals surface area contributed by atoms with E-state index in [1.165, 1.54) is 24.3 Å². The normalized spacial score (nSPS) is 13.1. The van der Waals surface area contributed by atoms with Crippen LogP contribution in [-0.4, -0.2) is 37.8 Å². The zero-order valence-corrected chi connectivity index (χ0v) is 12.1. The van der Waals surface area contributed by atoms with Crippen molar-refractivity contribution in [2.75, 3.05) is 13.2 Å². The van der Waals surface area contributed by atoms with Gasteiger partial charge in [-0.15, -0.1) is 0 Å². The zero-order valence-electron chi connectivity index (χ0n) is 11.2. The number of nitrogens with one attached hydrogen (secondary N) is 1. The van der Waals surface area contributed by atoms with E-state index in [1.54, 1.807) is 0 Å². The smallest absolute Gasteiger partial charge is 0.335 e. The van der Waals surface area contributed by atoms with Crippen LogP contribution in [0.25, 0.3) is 0 Å². The largest absolute Gasteiger partial charge is 0.478 e. The number of benzene rings is 1. The summed E-state index contributed by atoms with van der Waals surface area (Å²) < 4.78 is 26.1. The lowest BCUT2D eigenvalue weighted by Crippen LogP contribution is -2.29. The number of carbonyl (C=O) groups is 1. The molecule has 1 rings (SSSR count). The molecule has 0 spiro atoms. The Bertz CT molecular complexity index is 538. The average molecular weight is 301 g/mol. The second-order valence-electron chi connectivity index (χ2n) is 4.73. The van der Waals surface area contributed by atoms with Crippen LogP contribution in [-0.2, 0) is 15.8 Å². The molecule has 0 aliphatic rings. The third kappa shape index (κ3) is 5.68. The van der Waals surface area contributed by atoms with E-state index >= 15 is 0 Å². The highest BCUT2D eigenvalue weighted by molar-refractivity contribution is 7.88. The predicted molar refractivity (Wildman–Crippen MR) is 74.9 cm³/mol. The van der Waals surface area contributed by atoms with Crippen LogP contribution in [0.4, 0.5) is 0 Å². The molecule has 7 heteroatoms. The van der Waals surface area contributed by atoms with Crippen molar-refractivity contribution in [3.05, 3.63) is 35.4 Å².